The topological polar surface area (TPSA) is 79.8 Å². The Bertz CT molecular complexity index is 743. The number of halogens is 2. The number of rotatable bonds is 7. The number of ether oxygens (including phenoxy) is 2. The smallest absolute Gasteiger partial charge is 0.319 e. The van der Waals surface area contributed by atoms with Gasteiger partial charge in [0, 0.05) is 12.2 Å². The number of nitrogens with one attached hydrogen (secondary N) is 2. The highest BCUT2D eigenvalue weighted by atomic mass is 35.5. The number of carbonyl (C=O) groups is 1. The fraction of sp³-hybridized carbons (Fsp3) is 0.235. The molecule has 0 aromatic heterocycles. The molecule has 0 aliphatic heterocycles. The lowest BCUT2D eigenvalue weighted by Gasteiger charge is -2.12. The lowest BCUT2D eigenvalue weighted by atomic mass is 10.2. The predicted molar refractivity (Wildman–Crippen MR) is 92.8 cm³/mol. The monoisotopic (exact) mass is 368 g/mol. The first kappa shape index (κ1) is 18.8. The Hall–Kier alpha value is -2.51. The molecule has 0 spiro atoms. The maximum absolute atomic E-state index is 13.1. The largest absolute Gasteiger partial charge is 0.493 e. The highest BCUT2D eigenvalue weighted by Crippen LogP contribution is 2.28. The van der Waals surface area contributed by atoms with Crippen molar-refractivity contribution in [3.8, 4) is 11.5 Å². The standard InChI is InChI=1S/C17H18ClFN2O4/c1-24-16-8-11(2-5-15(16)25-7-6-22)10-20-17(23)21-12-3-4-14(19)13(18)9-12/h2-5,8-9,22H,6-7,10H2,1H3,(H2,20,21,23). The maximum Gasteiger partial charge on any atom is 0.319 e. The summed E-state index contributed by atoms with van der Waals surface area (Å²) in [5.41, 5.74) is 1.18. The fourth-order valence-electron chi connectivity index (χ4n) is 2.03. The summed E-state index contributed by atoms with van der Waals surface area (Å²) < 4.78 is 23.7. The number of anilines is 1. The van der Waals surface area contributed by atoms with E-state index < -0.39 is 11.8 Å². The van der Waals surface area contributed by atoms with Crippen molar-refractivity contribution in [1.82, 2.24) is 5.32 Å². The van der Waals surface area contributed by atoms with Crippen molar-refractivity contribution in [3.05, 3.63) is 52.8 Å². The molecule has 2 amide bonds. The van der Waals surface area contributed by atoms with E-state index in [0.29, 0.717) is 17.2 Å². The number of aliphatic hydroxyl groups excluding tert-OH is 1. The third kappa shape index (κ3) is 5.51. The molecular weight excluding hydrogens is 351 g/mol. The van der Waals surface area contributed by atoms with Gasteiger partial charge in [-0.25, -0.2) is 9.18 Å². The number of benzene rings is 2. The van der Waals surface area contributed by atoms with Gasteiger partial charge in [0.2, 0.25) is 0 Å². The minimum absolute atomic E-state index is 0.0685. The van der Waals surface area contributed by atoms with Crippen LogP contribution in [0, 0.1) is 5.82 Å². The highest BCUT2D eigenvalue weighted by Gasteiger charge is 2.08. The van der Waals surface area contributed by atoms with Crippen LogP contribution in [0.1, 0.15) is 5.56 Å². The number of hydrogen-bond acceptors (Lipinski definition) is 4. The van der Waals surface area contributed by atoms with Crippen LogP contribution in [-0.2, 0) is 6.54 Å². The van der Waals surface area contributed by atoms with Gasteiger partial charge >= 0.3 is 6.03 Å². The second kappa shape index (κ2) is 9.10. The van der Waals surface area contributed by atoms with Gasteiger partial charge < -0.3 is 25.2 Å². The Morgan fingerprint density at radius 3 is 2.72 bits per heavy atom. The molecule has 0 fully saturated rings. The Kier molecular flexibility index (Phi) is 6.85. The second-order valence-electron chi connectivity index (χ2n) is 4.99. The van der Waals surface area contributed by atoms with Crippen molar-refractivity contribution in [3.63, 3.8) is 0 Å². The molecule has 0 unspecified atom stereocenters. The number of aliphatic hydroxyl groups is 1. The summed E-state index contributed by atoms with van der Waals surface area (Å²) >= 11 is 5.67. The Labute approximate surface area is 149 Å². The summed E-state index contributed by atoms with van der Waals surface area (Å²) in [6.07, 6.45) is 0. The molecule has 2 rings (SSSR count). The van der Waals surface area contributed by atoms with Gasteiger partial charge in [-0.1, -0.05) is 17.7 Å². The van der Waals surface area contributed by atoms with E-state index in [1.54, 1.807) is 18.2 Å². The van der Waals surface area contributed by atoms with Crippen LogP contribution in [-0.4, -0.2) is 31.5 Å². The number of carbonyl (C=O) groups excluding carboxylic acids is 1. The molecule has 2 aromatic rings. The van der Waals surface area contributed by atoms with E-state index in [-0.39, 0.29) is 24.8 Å². The van der Waals surface area contributed by atoms with Crippen LogP contribution >= 0.6 is 11.6 Å². The predicted octanol–water partition coefficient (Wildman–Crippen LogP) is 3.18. The van der Waals surface area contributed by atoms with Gasteiger partial charge in [-0.3, -0.25) is 0 Å². The van der Waals surface area contributed by atoms with Crippen molar-refractivity contribution in [2.45, 2.75) is 6.54 Å². The molecule has 8 heteroatoms. The molecule has 0 saturated heterocycles. The number of urea groups is 1. The van der Waals surface area contributed by atoms with Gasteiger partial charge in [0.05, 0.1) is 18.7 Å². The lowest BCUT2D eigenvalue weighted by molar-refractivity contribution is 0.196. The fourth-order valence-corrected chi connectivity index (χ4v) is 2.21. The zero-order valence-corrected chi connectivity index (χ0v) is 14.3. The molecular formula is C17H18ClFN2O4. The minimum atomic E-state index is -0.553. The van der Waals surface area contributed by atoms with Crippen LogP contribution in [0.4, 0.5) is 14.9 Å². The molecule has 0 saturated carbocycles. The summed E-state index contributed by atoms with van der Waals surface area (Å²) in [6.45, 7) is 0.314. The lowest BCUT2D eigenvalue weighted by Crippen LogP contribution is -2.28. The van der Waals surface area contributed by atoms with Crippen LogP contribution in [0.5, 0.6) is 11.5 Å². The molecule has 25 heavy (non-hydrogen) atoms. The van der Waals surface area contributed by atoms with Crippen LogP contribution < -0.4 is 20.1 Å². The number of amides is 2. The van der Waals surface area contributed by atoms with Crippen LogP contribution in [0.2, 0.25) is 5.02 Å². The second-order valence-corrected chi connectivity index (χ2v) is 5.40. The molecule has 134 valence electrons. The van der Waals surface area contributed by atoms with E-state index in [2.05, 4.69) is 10.6 Å². The van der Waals surface area contributed by atoms with Gasteiger partial charge in [0.1, 0.15) is 12.4 Å². The zero-order chi connectivity index (χ0) is 18.2. The minimum Gasteiger partial charge on any atom is -0.493 e. The SMILES string of the molecule is COc1cc(CNC(=O)Nc2ccc(F)c(Cl)c2)ccc1OCCO. The molecule has 0 aliphatic carbocycles. The van der Waals surface area contributed by atoms with E-state index in [4.69, 9.17) is 26.2 Å². The molecule has 0 bridgehead atoms. The van der Waals surface area contributed by atoms with Crippen LogP contribution in [0.25, 0.3) is 0 Å². The van der Waals surface area contributed by atoms with Crippen molar-refractivity contribution in [1.29, 1.82) is 0 Å². The van der Waals surface area contributed by atoms with Crippen molar-refractivity contribution in [2.24, 2.45) is 0 Å². The molecule has 0 aliphatic rings. The maximum atomic E-state index is 13.1. The van der Waals surface area contributed by atoms with E-state index in [9.17, 15) is 9.18 Å². The van der Waals surface area contributed by atoms with E-state index in [0.717, 1.165) is 5.56 Å². The first-order valence-electron chi connectivity index (χ1n) is 7.44. The highest BCUT2D eigenvalue weighted by molar-refractivity contribution is 6.31. The molecule has 0 atom stereocenters. The summed E-state index contributed by atoms with van der Waals surface area (Å²) in [5.74, 6) is 0.451. The van der Waals surface area contributed by atoms with Gasteiger partial charge in [-0.2, -0.15) is 0 Å². The van der Waals surface area contributed by atoms with E-state index >= 15 is 0 Å². The van der Waals surface area contributed by atoms with E-state index in [1.165, 1.54) is 25.3 Å². The van der Waals surface area contributed by atoms with Crippen molar-refractivity contribution < 1.29 is 23.8 Å². The summed E-state index contributed by atoms with van der Waals surface area (Å²) in [4.78, 5) is 11.9. The van der Waals surface area contributed by atoms with Gasteiger partial charge in [0.25, 0.3) is 0 Å². The Morgan fingerprint density at radius 1 is 1.24 bits per heavy atom. The van der Waals surface area contributed by atoms with Crippen LogP contribution in [0.15, 0.2) is 36.4 Å². The first-order chi connectivity index (χ1) is 12.0. The van der Waals surface area contributed by atoms with E-state index in [1.807, 2.05) is 0 Å². The normalized spacial score (nSPS) is 10.2. The Balaban J connectivity index is 1.93. The summed E-state index contributed by atoms with van der Waals surface area (Å²) in [5, 5.41) is 14.0. The third-order valence-corrected chi connectivity index (χ3v) is 3.50. The number of methoxy groups -OCH3 is 1. The molecule has 2 aromatic carbocycles. The quantitative estimate of drug-likeness (QED) is 0.701. The molecule has 3 N–H and O–H groups in total. The van der Waals surface area contributed by atoms with Crippen LogP contribution in [0.3, 0.4) is 0 Å². The molecule has 6 nitrogen and oxygen atoms in total. The molecule has 0 radical (unpaired) electrons. The van der Waals surface area contributed by atoms with Crippen molar-refractivity contribution in [2.75, 3.05) is 25.6 Å². The summed E-state index contributed by atoms with van der Waals surface area (Å²) in [6, 6.07) is 8.65. The van der Waals surface area contributed by atoms with Gasteiger partial charge in [0.15, 0.2) is 11.5 Å². The average molecular weight is 369 g/mol. The Morgan fingerprint density at radius 2 is 2.04 bits per heavy atom. The molecule has 0 heterocycles. The third-order valence-electron chi connectivity index (χ3n) is 3.21. The van der Waals surface area contributed by atoms with Gasteiger partial charge in [-0.05, 0) is 35.9 Å². The average Bonchev–Trinajstić information content (AvgIpc) is 2.61. The number of hydrogen-bond donors (Lipinski definition) is 3. The first-order valence-corrected chi connectivity index (χ1v) is 7.81. The van der Waals surface area contributed by atoms with Crippen molar-refractivity contribution >= 4 is 23.3 Å². The zero-order valence-electron chi connectivity index (χ0n) is 13.5. The summed E-state index contributed by atoms with van der Waals surface area (Å²) in [7, 11) is 1.50. The van der Waals surface area contributed by atoms with Gasteiger partial charge in [-0.15, -0.1) is 0 Å².